The first-order valence-corrected chi connectivity index (χ1v) is 8.04. The van der Waals surface area contributed by atoms with E-state index in [2.05, 4.69) is 10.3 Å². The molecule has 0 aliphatic heterocycles. The quantitative estimate of drug-likeness (QED) is 0.712. The van der Waals surface area contributed by atoms with Crippen LogP contribution in [0.4, 0.5) is 0 Å². The Hall–Kier alpha value is -3.13. The Balaban J connectivity index is 1.80. The molecule has 0 bridgehead atoms. The average molecular weight is 356 g/mol. The monoisotopic (exact) mass is 356 g/mol. The highest BCUT2D eigenvalue weighted by Gasteiger charge is 2.22. The molecule has 1 unspecified atom stereocenters. The number of aromatic nitrogens is 2. The number of carbonyl (C=O) groups is 1. The zero-order valence-electron chi connectivity index (χ0n) is 14.8. The lowest BCUT2D eigenvalue weighted by Gasteiger charge is -2.13. The summed E-state index contributed by atoms with van der Waals surface area (Å²) in [6.45, 7) is 1.83. The topological polar surface area (TPSA) is 112 Å². The van der Waals surface area contributed by atoms with Crippen LogP contribution >= 0.6 is 0 Å². The number of rotatable bonds is 5. The van der Waals surface area contributed by atoms with E-state index < -0.39 is 11.9 Å². The zero-order chi connectivity index (χ0) is 18.8. The van der Waals surface area contributed by atoms with Crippen molar-refractivity contribution in [3.05, 3.63) is 57.8 Å². The number of nitrogens with two attached hydrogens (primary N) is 1. The van der Waals surface area contributed by atoms with E-state index >= 15 is 0 Å². The minimum Gasteiger partial charge on any atom is -0.497 e. The third-order valence-corrected chi connectivity index (χ3v) is 4.20. The van der Waals surface area contributed by atoms with Crippen LogP contribution in [0.25, 0.3) is 11.1 Å². The lowest BCUT2D eigenvalue weighted by molar-refractivity contribution is 0.0951. The molecule has 0 saturated heterocycles. The smallest absolute Gasteiger partial charge is 0.265 e. The number of nitrogens with one attached hydrogen (secondary N) is 1. The van der Waals surface area contributed by atoms with E-state index in [1.165, 1.54) is 10.9 Å². The number of benzene rings is 1. The van der Waals surface area contributed by atoms with Gasteiger partial charge in [0.2, 0.25) is 5.71 Å². The Morgan fingerprint density at radius 2 is 2.08 bits per heavy atom. The highest BCUT2D eigenvalue weighted by Crippen LogP contribution is 2.21. The summed E-state index contributed by atoms with van der Waals surface area (Å²) in [4.78, 5) is 29.0. The maximum atomic E-state index is 12.6. The molecule has 1 amide bonds. The van der Waals surface area contributed by atoms with E-state index in [4.69, 9.17) is 14.9 Å². The number of nitrogens with zero attached hydrogens (tertiary/aromatic N) is 2. The van der Waals surface area contributed by atoms with E-state index in [-0.39, 0.29) is 28.8 Å². The lowest BCUT2D eigenvalue weighted by atomic mass is 10.1. The highest BCUT2D eigenvalue weighted by atomic mass is 16.5. The Kier molecular flexibility index (Phi) is 4.77. The molecule has 0 saturated carbocycles. The molecule has 2 aromatic heterocycles. The zero-order valence-corrected chi connectivity index (χ0v) is 14.8. The van der Waals surface area contributed by atoms with Gasteiger partial charge in [0.1, 0.15) is 23.2 Å². The molecule has 136 valence electrons. The fourth-order valence-corrected chi connectivity index (χ4v) is 2.72. The normalized spacial score (nSPS) is 12.2. The number of ether oxygens (including phenoxy) is 1. The lowest BCUT2D eigenvalue weighted by Crippen LogP contribution is -2.32. The van der Waals surface area contributed by atoms with Gasteiger partial charge in [0, 0.05) is 19.6 Å². The Morgan fingerprint density at radius 3 is 2.73 bits per heavy atom. The van der Waals surface area contributed by atoms with Crippen LogP contribution in [0.15, 0.2) is 39.8 Å². The summed E-state index contributed by atoms with van der Waals surface area (Å²) in [7, 11) is 3.16. The van der Waals surface area contributed by atoms with Crippen LogP contribution in [0, 0.1) is 6.92 Å². The third kappa shape index (κ3) is 3.18. The number of fused-ring (bicyclic) bond motifs is 1. The number of carbonyl (C=O) groups excluding carboxylic acids is 1. The minimum absolute atomic E-state index is 0.148. The number of amides is 1. The van der Waals surface area contributed by atoms with Crippen LogP contribution in [0.3, 0.4) is 0 Å². The molecule has 0 radical (unpaired) electrons. The predicted molar refractivity (Wildman–Crippen MR) is 96.2 cm³/mol. The molecule has 2 heterocycles. The van der Waals surface area contributed by atoms with Crippen LogP contribution < -0.4 is 21.3 Å². The molecule has 26 heavy (non-hydrogen) atoms. The number of aryl methyl sites for hydroxylation is 2. The van der Waals surface area contributed by atoms with Crippen molar-refractivity contribution in [1.82, 2.24) is 14.9 Å². The van der Waals surface area contributed by atoms with Gasteiger partial charge in [-0.1, -0.05) is 12.1 Å². The van der Waals surface area contributed by atoms with Gasteiger partial charge in [0.25, 0.3) is 11.5 Å². The molecule has 0 fully saturated rings. The second kappa shape index (κ2) is 7.01. The van der Waals surface area contributed by atoms with E-state index in [0.29, 0.717) is 5.76 Å². The van der Waals surface area contributed by atoms with Gasteiger partial charge in [-0.2, -0.15) is 0 Å². The fourth-order valence-electron chi connectivity index (χ4n) is 2.72. The first-order valence-electron chi connectivity index (χ1n) is 8.04. The summed E-state index contributed by atoms with van der Waals surface area (Å²) in [5.74, 6) is 0.649. The molecule has 8 heteroatoms. The summed E-state index contributed by atoms with van der Waals surface area (Å²) in [6, 6.07) is 6.89. The van der Waals surface area contributed by atoms with Gasteiger partial charge in [-0.3, -0.25) is 9.59 Å². The van der Waals surface area contributed by atoms with Gasteiger partial charge in [-0.15, -0.1) is 0 Å². The molecule has 1 aromatic carbocycles. The summed E-state index contributed by atoms with van der Waals surface area (Å²) in [6.07, 6.45) is 1.36. The Morgan fingerprint density at radius 1 is 1.38 bits per heavy atom. The molecule has 3 rings (SSSR count). The van der Waals surface area contributed by atoms with Crippen molar-refractivity contribution in [3.63, 3.8) is 0 Å². The minimum atomic E-state index is -0.421. The van der Waals surface area contributed by atoms with Crippen molar-refractivity contribution >= 4 is 17.0 Å². The van der Waals surface area contributed by atoms with Crippen molar-refractivity contribution in [3.8, 4) is 5.75 Å². The van der Waals surface area contributed by atoms with Crippen molar-refractivity contribution in [2.45, 2.75) is 13.0 Å². The van der Waals surface area contributed by atoms with Gasteiger partial charge < -0.3 is 24.8 Å². The van der Waals surface area contributed by atoms with E-state index in [0.717, 1.165) is 11.3 Å². The van der Waals surface area contributed by atoms with Gasteiger partial charge in [0.05, 0.1) is 12.7 Å². The first kappa shape index (κ1) is 17.7. The molecule has 3 aromatic rings. The van der Waals surface area contributed by atoms with Crippen LogP contribution in [-0.4, -0.2) is 29.1 Å². The number of hydrogen-bond acceptors (Lipinski definition) is 6. The van der Waals surface area contributed by atoms with Crippen molar-refractivity contribution < 1.29 is 13.9 Å². The SMILES string of the molecule is COc1ccc(C(N)CNC(=O)c2c(C)oc3ncn(C)c(=O)c23)cc1. The highest BCUT2D eigenvalue weighted by molar-refractivity contribution is 6.06. The van der Waals surface area contributed by atoms with E-state index in [1.807, 2.05) is 12.1 Å². The van der Waals surface area contributed by atoms with Crippen molar-refractivity contribution in [1.29, 1.82) is 0 Å². The first-order chi connectivity index (χ1) is 12.4. The molecule has 8 nitrogen and oxygen atoms in total. The standard InChI is InChI=1S/C18H20N4O4/c1-10-14(15-17(26-10)21-9-22(2)18(15)24)16(23)20-8-13(19)11-4-6-12(25-3)7-5-11/h4-7,9,13H,8,19H2,1-3H3,(H,20,23). The summed E-state index contributed by atoms with van der Waals surface area (Å²) in [5.41, 5.74) is 7.00. The van der Waals surface area contributed by atoms with Crippen molar-refractivity contribution in [2.75, 3.05) is 13.7 Å². The van der Waals surface area contributed by atoms with Crippen LogP contribution in [0.1, 0.15) is 27.7 Å². The molecule has 0 spiro atoms. The van der Waals surface area contributed by atoms with E-state index in [9.17, 15) is 9.59 Å². The molecular weight excluding hydrogens is 336 g/mol. The summed E-state index contributed by atoms with van der Waals surface area (Å²) in [5, 5.41) is 2.93. The molecule has 1 atom stereocenters. The van der Waals surface area contributed by atoms with Crippen LogP contribution in [-0.2, 0) is 7.05 Å². The Labute approximate surface area is 149 Å². The van der Waals surface area contributed by atoms with Crippen LogP contribution in [0.2, 0.25) is 0 Å². The Bertz CT molecular complexity index is 1000. The number of furan rings is 1. The van der Waals surface area contributed by atoms with Gasteiger partial charge in [-0.05, 0) is 24.6 Å². The summed E-state index contributed by atoms with van der Waals surface area (Å²) < 4.78 is 11.9. The second-order valence-corrected chi connectivity index (χ2v) is 5.96. The molecular formula is C18H20N4O4. The maximum absolute atomic E-state index is 12.6. The largest absolute Gasteiger partial charge is 0.497 e. The van der Waals surface area contributed by atoms with Crippen LogP contribution in [0.5, 0.6) is 5.75 Å². The summed E-state index contributed by atoms with van der Waals surface area (Å²) >= 11 is 0. The second-order valence-electron chi connectivity index (χ2n) is 5.96. The van der Waals surface area contributed by atoms with Gasteiger partial charge in [-0.25, -0.2) is 4.98 Å². The molecule has 0 aliphatic rings. The fraction of sp³-hybridized carbons (Fsp3) is 0.278. The third-order valence-electron chi connectivity index (χ3n) is 4.20. The van der Waals surface area contributed by atoms with Gasteiger partial charge in [0.15, 0.2) is 0 Å². The maximum Gasteiger partial charge on any atom is 0.265 e. The molecule has 3 N–H and O–H groups in total. The van der Waals surface area contributed by atoms with Crippen molar-refractivity contribution in [2.24, 2.45) is 12.8 Å². The molecule has 0 aliphatic carbocycles. The van der Waals surface area contributed by atoms with E-state index in [1.54, 1.807) is 33.2 Å². The van der Waals surface area contributed by atoms with Gasteiger partial charge >= 0.3 is 0 Å². The average Bonchev–Trinajstić information content (AvgIpc) is 2.99. The number of methoxy groups -OCH3 is 1. The predicted octanol–water partition coefficient (Wildman–Crippen LogP) is 1.27. The number of hydrogen-bond donors (Lipinski definition) is 2.